The summed E-state index contributed by atoms with van der Waals surface area (Å²) in [7, 11) is 0. The number of furan rings is 1. The Balaban J connectivity index is 2.14. The van der Waals surface area contributed by atoms with E-state index in [1.165, 1.54) is 0 Å². The van der Waals surface area contributed by atoms with Crippen molar-refractivity contribution in [3.63, 3.8) is 0 Å². The number of hydrogen-bond acceptors (Lipinski definition) is 5. The van der Waals surface area contributed by atoms with Gasteiger partial charge in [-0.05, 0) is 32.9 Å². The van der Waals surface area contributed by atoms with Gasteiger partial charge >= 0.3 is 0 Å². The molecule has 0 saturated heterocycles. The largest absolute Gasteiger partial charge is 0.468 e. The Morgan fingerprint density at radius 2 is 2.25 bits per heavy atom. The van der Waals surface area contributed by atoms with Crippen molar-refractivity contribution in [3.05, 3.63) is 57.3 Å². The van der Waals surface area contributed by atoms with E-state index in [1.54, 1.807) is 26.3 Å². The topological polar surface area (TPSA) is 81.2 Å². The van der Waals surface area contributed by atoms with E-state index in [-0.39, 0.29) is 16.7 Å². The van der Waals surface area contributed by atoms with E-state index in [0.717, 1.165) is 5.76 Å². The zero-order valence-corrected chi connectivity index (χ0v) is 11.7. The van der Waals surface area contributed by atoms with Gasteiger partial charge in [0, 0.05) is 23.9 Å². The van der Waals surface area contributed by atoms with Crippen molar-refractivity contribution < 1.29 is 9.34 Å². The Kier molecular flexibility index (Phi) is 4.14. The molecule has 2 rings (SSSR count). The maximum atomic E-state index is 11.1. The molecule has 6 nitrogen and oxygen atoms in total. The maximum absolute atomic E-state index is 11.1. The van der Waals surface area contributed by atoms with E-state index in [1.807, 2.05) is 19.1 Å². The minimum Gasteiger partial charge on any atom is -0.468 e. The molecule has 0 aliphatic heterocycles. The fourth-order valence-corrected chi connectivity index (χ4v) is 2.11. The quantitative estimate of drug-likeness (QED) is 0.670. The maximum Gasteiger partial charge on any atom is 0.278 e. The zero-order valence-electron chi connectivity index (χ0n) is 11.7. The van der Waals surface area contributed by atoms with Crippen molar-refractivity contribution in [1.29, 1.82) is 0 Å². The van der Waals surface area contributed by atoms with Crippen LogP contribution in [0.4, 0.5) is 5.69 Å². The highest BCUT2D eigenvalue weighted by Gasteiger charge is 2.19. The smallest absolute Gasteiger partial charge is 0.278 e. The third-order valence-electron chi connectivity index (χ3n) is 3.30. The third-order valence-corrected chi connectivity index (χ3v) is 3.30. The number of nitrogens with zero attached hydrogens (tertiary/aromatic N) is 2. The average molecular weight is 275 g/mol. The molecule has 20 heavy (non-hydrogen) atoms. The number of hydrogen-bond donors (Lipinski definition) is 1. The SMILES string of the molecule is Cc1cnc(CN[C@H](C)c2ccco2)c(C)c1[N+](=O)[O-]. The fourth-order valence-electron chi connectivity index (χ4n) is 2.11. The second kappa shape index (κ2) is 5.83. The molecular formula is C14H17N3O3. The summed E-state index contributed by atoms with van der Waals surface area (Å²) in [4.78, 5) is 15.0. The lowest BCUT2D eigenvalue weighted by Gasteiger charge is -2.12. The Hall–Kier alpha value is -2.21. The predicted molar refractivity (Wildman–Crippen MR) is 74.3 cm³/mol. The number of rotatable bonds is 5. The lowest BCUT2D eigenvalue weighted by molar-refractivity contribution is -0.386. The molecule has 0 aliphatic carbocycles. The van der Waals surface area contributed by atoms with Crippen LogP contribution < -0.4 is 5.32 Å². The van der Waals surface area contributed by atoms with Gasteiger partial charge in [0.1, 0.15) is 5.76 Å². The van der Waals surface area contributed by atoms with Crippen LogP contribution in [0, 0.1) is 24.0 Å². The van der Waals surface area contributed by atoms with Crippen molar-refractivity contribution in [1.82, 2.24) is 10.3 Å². The molecule has 0 unspecified atom stereocenters. The summed E-state index contributed by atoms with van der Waals surface area (Å²) in [5.74, 6) is 0.823. The van der Waals surface area contributed by atoms with Crippen LogP contribution in [0.2, 0.25) is 0 Å². The van der Waals surface area contributed by atoms with Crippen LogP contribution in [-0.2, 0) is 6.54 Å². The van der Waals surface area contributed by atoms with Crippen molar-refractivity contribution >= 4 is 5.69 Å². The molecule has 0 aliphatic rings. The minimum absolute atomic E-state index is 0.0200. The van der Waals surface area contributed by atoms with Crippen LogP contribution in [0.5, 0.6) is 0 Å². The molecule has 2 aromatic heterocycles. The molecule has 106 valence electrons. The van der Waals surface area contributed by atoms with Gasteiger partial charge in [0.15, 0.2) is 0 Å². The highest BCUT2D eigenvalue weighted by molar-refractivity contribution is 5.47. The Labute approximate surface area is 117 Å². The van der Waals surface area contributed by atoms with Crippen LogP contribution in [0.25, 0.3) is 0 Å². The van der Waals surface area contributed by atoms with E-state index in [9.17, 15) is 10.1 Å². The first-order valence-electron chi connectivity index (χ1n) is 6.37. The Morgan fingerprint density at radius 3 is 2.85 bits per heavy atom. The standard InChI is InChI=1S/C14H17N3O3/c1-9-7-16-12(10(2)14(9)17(18)19)8-15-11(3)13-5-4-6-20-13/h4-7,11,15H,8H2,1-3H3/t11-/m1/s1. The van der Waals surface area contributed by atoms with Gasteiger partial charge in [-0.3, -0.25) is 15.1 Å². The molecule has 0 amide bonds. The first-order chi connectivity index (χ1) is 9.50. The van der Waals surface area contributed by atoms with E-state index in [4.69, 9.17) is 4.42 Å². The average Bonchev–Trinajstić information content (AvgIpc) is 2.91. The first-order valence-corrected chi connectivity index (χ1v) is 6.37. The molecule has 2 heterocycles. The molecule has 0 aromatic carbocycles. The van der Waals surface area contributed by atoms with Gasteiger partial charge in [-0.15, -0.1) is 0 Å². The van der Waals surface area contributed by atoms with E-state index in [0.29, 0.717) is 23.4 Å². The summed E-state index contributed by atoms with van der Waals surface area (Å²) in [5, 5.41) is 14.3. The predicted octanol–water partition coefficient (Wildman–Crippen LogP) is 3.05. The van der Waals surface area contributed by atoms with Gasteiger partial charge < -0.3 is 9.73 Å². The summed E-state index contributed by atoms with van der Waals surface area (Å²) in [6, 6.07) is 3.73. The summed E-state index contributed by atoms with van der Waals surface area (Å²) in [6.45, 7) is 5.85. The second-order valence-electron chi connectivity index (χ2n) is 4.74. The van der Waals surface area contributed by atoms with Gasteiger partial charge in [0.2, 0.25) is 0 Å². The highest BCUT2D eigenvalue weighted by atomic mass is 16.6. The number of pyridine rings is 1. The Morgan fingerprint density at radius 1 is 1.50 bits per heavy atom. The molecule has 1 atom stereocenters. The van der Waals surface area contributed by atoms with Crippen molar-refractivity contribution in [2.45, 2.75) is 33.4 Å². The summed E-state index contributed by atoms with van der Waals surface area (Å²) >= 11 is 0. The van der Waals surface area contributed by atoms with E-state index < -0.39 is 0 Å². The van der Waals surface area contributed by atoms with Crippen LogP contribution in [0.15, 0.2) is 29.0 Å². The second-order valence-corrected chi connectivity index (χ2v) is 4.74. The van der Waals surface area contributed by atoms with Crippen LogP contribution in [-0.4, -0.2) is 9.91 Å². The summed E-state index contributed by atoms with van der Waals surface area (Å²) in [5.41, 5.74) is 2.01. The summed E-state index contributed by atoms with van der Waals surface area (Å²) in [6.07, 6.45) is 3.16. The number of aromatic nitrogens is 1. The molecule has 6 heteroatoms. The first kappa shape index (κ1) is 14.2. The normalized spacial score (nSPS) is 12.3. The van der Waals surface area contributed by atoms with Gasteiger partial charge in [0.05, 0.1) is 22.9 Å². The molecular weight excluding hydrogens is 258 g/mol. The fraction of sp³-hybridized carbons (Fsp3) is 0.357. The lowest BCUT2D eigenvalue weighted by atomic mass is 10.1. The molecule has 0 radical (unpaired) electrons. The lowest BCUT2D eigenvalue weighted by Crippen LogP contribution is -2.19. The highest BCUT2D eigenvalue weighted by Crippen LogP contribution is 2.24. The molecule has 1 N–H and O–H groups in total. The van der Waals surface area contributed by atoms with E-state index in [2.05, 4.69) is 10.3 Å². The molecule has 0 spiro atoms. The van der Waals surface area contributed by atoms with Gasteiger partial charge in [0.25, 0.3) is 5.69 Å². The zero-order chi connectivity index (χ0) is 14.7. The molecule has 2 aromatic rings. The molecule has 0 saturated carbocycles. The number of nitrogens with one attached hydrogen (secondary N) is 1. The minimum atomic E-state index is -0.355. The molecule has 0 fully saturated rings. The van der Waals surface area contributed by atoms with Gasteiger partial charge in [-0.1, -0.05) is 0 Å². The van der Waals surface area contributed by atoms with Gasteiger partial charge in [-0.2, -0.15) is 0 Å². The molecule has 0 bridgehead atoms. The monoisotopic (exact) mass is 275 g/mol. The van der Waals surface area contributed by atoms with Crippen LogP contribution in [0.1, 0.15) is 35.5 Å². The number of nitro groups is 1. The Bertz CT molecular complexity index is 608. The van der Waals surface area contributed by atoms with E-state index >= 15 is 0 Å². The third kappa shape index (κ3) is 2.85. The van der Waals surface area contributed by atoms with Crippen molar-refractivity contribution in [2.75, 3.05) is 0 Å². The number of aryl methyl sites for hydroxylation is 1. The van der Waals surface area contributed by atoms with Crippen molar-refractivity contribution in [2.24, 2.45) is 0 Å². The van der Waals surface area contributed by atoms with Gasteiger partial charge in [-0.25, -0.2) is 0 Å². The van der Waals surface area contributed by atoms with Crippen LogP contribution >= 0.6 is 0 Å². The summed E-state index contributed by atoms with van der Waals surface area (Å²) < 4.78 is 5.30. The van der Waals surface area contributed by atoms with Crippen LogP contribution in [0.3, 0.4) is 0 Å². The van der Waals surface area contributed by atoms with Crippen molar-refractivity contribution in [3.8, 4) is 0 Å².